The molecule has 2 aliphatic carbocycles. The van der Waals surface area contributed by atoms with E-state index in [0.29, 0.717) is 18.8 Å². The first kappa shape index (κ1) is 14.4. The fourth-order valence-corrected chi connectivity index (χ4v) is 3.52. The summed E-state index contributed by atoms with van der Waals surface area (Å²) in [6, 6.07) is -0.158. The molecule has 0 bridgehead atoms. The number of nitrogens with one attached hydrogen (secondary N) is 1. The van der Waals surface area contributed by atoms with Crippen LogP contribution in [0.4, 0.5) is 0 Å². The van der Waals surface area contributed by atoms with Crippen molar-refractivity contribution in [1.29, 1.82) is 0 Å². The Kier molecular flexibility index (Phi) is 5.23. The predicted octanol–water partition coefficient (Wildman–Crippen LogP) is 2.72. The number of amides is 1. The van der Waals surface area contributed by atoms with Crippen molar-refractivity contribution in [1.82, 2.24) is 5.32 Å². The summed E-state index contributed by atoms with van der Waals surface area (Å²) in [5.41, 5.74) is 0. The van der Waals surface area contributed by atoms with E-state index in [-0.39, 0.29) is 11.9 Å². The Bertz CT molecular complexity index is 323. The molecule has 2 N–H and O–H groups in total. The molecule has 4 heteroatoms. The molecular formula is C15H25NO3. The highest BCUT2D eigenvalue weighted by Crippen LogP contribution is 2.28. The third kappa shape index (κ3) is 4.22. The second kappa shape index (κ2) is 6.92. The Labute approximate surface area is 115 Å². The van der Waals surface area contributed by atoms with Crippen LogP contribution in [0.15, 0.2) is 0 Å². The lowest BCUT2D eigenvalue weighted by Gasteiger charge is -2.23. The van der Waals surface area contributed by atoms with E-state index >= 15 is 0 Å². The SMILES string of the molecule is O=C(CC1CCCC1)NC1CCCCCC1C(=O)O. The highest BCUT2D eigenvalue weighted by Gasteiger charge is 2.31. The van der Waals surface area contributed by atoms with E-state index in [2.05, 4.69) is 5.32 Å². The lowest BCUT2D eigenvalue weighted by Crippen LogP contribution is -2.43. The van der Waals surface area contributed by atoms with Gasteiger partial charge in [-0.2, -0.15) is 0 Å². The number of carbonyl (C=O) groups is 2. The van der Waals surface area contributed by atoms with Crippen LogP contribution in [0.25, 0.3) is 0 Å². The van der Waals surface area contributed by atoms with Crippen molar-refractivity contribution in [3.63, 3.8) is 0 Å². The predicted molar refractivity (Wildman–Crippen MR) is 72.7 cm³/mol. The second-order valence-electron chi connectivity index (χ2n) is 6.11. The molecule has 2 atom stereocenters. The fourth-order valence-electron chi connectivity index (χ4n) is 3.52. The number of carboxylic acid groups (broad SMARTS) is 1. The number of carboxylic acids is 1. The minimum atomic E-state index is -0.756. The number of carbonyl (C=O) groups excluding carboxylic acids is 1. The molecule has 1 amide bonds. The van der Waals surface area contributed by atoms with Crippen molar-refractivity contribution in [3.8, 4) is 0 Å². The summed E-state index contributed by atoms with van der Waals surface area (Å²) in [4.78, 5) is 23.3. The quantitative estimate of drug-likeness (QED) is 0.770. The van der Waals surface area contributed by atoms with E-state index in [1.165, 1.54) is 12.8 Å². The van der Waals surface area contributed by atoms with Gasteiger partial charge in [-0.3, -0.25) is 9.59 Å². The Morgan fingerprint density at radius 3 is 2.26 bits per heavy atom. The Balaban J connectivity index is 1.86. The van der Waals surface area contributed by atoms with Crippen molar-refractivity contribution in [2.24, 2.45) is 11.8 Å². The summed E-state index contributed by atoms with van der Waals surface area (Å²) in [6.45, 7) is 0. The third-order valence-electron chi connectivity index (χ3n) is 4.63. The highest BCUT2D eigenvalue weighted by atomic mass is 16.4. The highest BCUT2D eigenvalue weighted by molar-refractivity contribution is 5.78. The van der Waals surface area contributed by atoms with Crippen LogP contribution in [0.5, 0.6) is 0 Å². The molecule has 0 aromatic rings. The van der Waals surface area contributed by atoms with Crippen LogP contribution >= 0.6 is 0 Å². The minimum Gasteiger partial charge on any atom is -0.481 e. The van der Waals surface area contributed by atoms with Crippen molar-refractivity contribution in [2.45, 2.75) is 70.3 Å². The first-order valence-electron chi connectivity index (χ1n) is 7.69. The summed E-state index contributed by atoms with van der Waals surface area (Å²) in [5.74, 6) is -0.567. The molecule has 0 heterocycles. The molecule has 2 rings (SSSR count). The summed E-state index contributed by atoms with van der Waals surface area (Å²) in [7, 11) is 0. The van der Waals surface area contributed by atoms with Gasteiger partial charge in [0.15, 0.2) is 0 Å². The Hall–Kier alpha value is -1.06. The van der Waals surface area contributed by atoms with Crippen LogP contribution < -0.4 is 5.32 Å². The van der Waals surface area contributed by atoms with E-state index in [1.54, 1.807) is 0 Å². The molecular weight excluding hydrogens is 242 g/mol. The zero-order chi connectivity index (χ0) is 13.7. The van der Waals surface area contributed by atoms with E-state index in [9.17, 15) is 14.7 Å². The molecule has 0 aliphatic heterocycles. The number of aliphatic carboxylic acids is 1. The monoisotopic (exact) mass is 267 g/mol. The number of hydrogen-bond acceptors (Lipinski definition) is 2. The average Bonchev–Trinajstić information content (AvgIpc) is 2.73. The van der Waals surface area contributed by atoms with Gasteiger partial charge in [-0.25, -0.2) is 0 Å². The molecule has 0 spiro atoms. The van der Waals surface area contributed by atoms with Gasteiger partial charge in [0.25, 0.3) is 0 Å². The summed E-state index contributed by atoms with van der Waals surface area (Å²) >= 11 is 0. The number of rotatable bonds is 4. The molecule has 2 unspecified atom stereocenters. The molecule has 0 aromatic carbocycles. The first-order valence-corrected chi connectivity index (χ1v) is 7.69. The van der Waals surface area contributed by atoms with Crippen LogP contribution in [-0.4, -0.2) is 23.0 Å². The summed E-state index contributed by atoms with van der Waals surface area (Å²) in [6.07, 6.45) is 9.95. The molecule has 2 saturated carbocycles. The zero-order valence-corrected chi connectivity index (χ0v) is 11.6. The first-order chi connectivity index (χ1) is 9.16. The van der Waals surface area contributed by atoms with Crippen molar-refractivity contribution in [2.75, 3.05) is 0 Å². The van der Waals surface area contributed by atoms with Gasteiger partial charge < -0.3 is 10.4 Å². The van der Waals surface area contributed by atoms with Crippen LogP contribution in [0.1, 0.15) is 64.2 Å². The van der Waals surface area contributed by atoms with Gasteiger partial charge in [-0.15, -0.1) is 0 Å². The average molecular weight is 267 g/mol. The minimum absolute atomic E-state index is 0.0602. The smallest absolute Gasteiger partial charge is 0.308 e. The van der Waals surface area contributed by atoms with Crippen LogP contribution in [0.3, 0.4) is 0 Å². The molecule has 2 aliphatic rings. The lowest BCUT2D eigenvalue weighted by molar-refractivity contribution is -0.143. The topological polar surface area (TPSA) is 66.4 Å². The Morgan fingerprint density at radius 2 is 1.58 bits per heavy atom. The van der Waals surface area contributed by atoms with E-state index in [0.717, 1.165) is 38.5 Å². The van der Waals surface area contributed by atoms with Gasteiger partial charge >= 0.3 is 5.97 Å². The van der Waals surface area contributed by atoms with Gasteiger partial charge in [0, 0.05) is 12.5 Å². The van der Waals surface area contributed by atoms with Crippen LogP contribution in [0.2, 0.25) is 0 Å². The van der Waals surface area contributed by atoms with E-state index in [4.69, 9.17) is 0 Å². The van der Waals surface area contributed by atoms with Crippen molar-refractivity contribution < 1.29 is 14.7 Å². The Morgan fingerprint density at radius 1 is 0.947 bits per heavy atom. The molecule has 108 valence electrons. The third-order valence-corrected chi connectivity index (χ3v) is 4.63. The van der Waals surface area contributed by atoms with Gasteiger partial charge in [-0.05, 0) is 31.6 Å². The van der Waals surface area contributed by atoms with Crippen molar-refractivity contribution in [3.05, 3.63) is 0 Å². The van der Waals surface area contributed by atoms with Crippen LogP contribution in [0, 0.1) is 11.8 Å². The van der Waals surface area contributed by atoms with E-state index < -0.39 is 11.9 Å². The lowest BCUT2D eigenvalue weighted by atomic mass is 9.94. The molecule has 0 saturated heterocycles. The molecule has 19 heavy (non-hydrogen) atoms. The maximum absolute atomic E-state index is 12.0. The standard InChI is InChI=1S/C15H25NO3/c17-14(10-11-6-4-5-7-11)16-13-9-3-1-2-8-12(13)15(18)19/h11-13H,1-10H2,(H,16,17)(H,18,19). The van der Waals surface area contributed by atoms with Crippen LogP contribution in [-0.2, 0) is 9.59 Å². The maximum atomic E-state index is 12.0. The zero-order valence-electron chi connectivity index (χ0n) is 11.6. The largest absolute Gasteiger partial charge is 0.481 e. The number of hydrogen-bond donors (Lipinski definition) is 2. The molecule has 0 aromatic heterocycles. The van der Waals surface area contributed by atoms with Crippen molar-refractivity contribution >= 4 is 11.9 Å². The van der Waals surface area contributed by atoms with E-state index in [1.807, 2.05) is 0 Å². The maximum Gasteiger partial charge on any atom is 0.308 e. The summed E-state index contributed by atoms with van der Waals surface area (Å²) < 4.78 is 0. The fraction of sp³-hybridized carbons (Fsp3) is 0.867. The molecule has 0 radical (unpaired) electrons. The van der Waals surface area contributed by atoms with Gasteiger partial charge in [0.1, 0.15) is 0 Å². The van der Waals surface area contributed by atoms with Gasteiger partial charge in [-0.1, -0.05) is 32.1 Å². The summed E-state index contributed by atoms with van der Waals surface area (Å²) in [5, 5.41) is 12.3. The van der Waals surface area contributed by atoms with Gasteiger partial charge in [0.2, 0.25) is 5.91 Å². The normalized spacial score (nSPS) is 28.8. The molecule has 4 nitrogen and oxygen atoms in total. The second-order valence-corrected chi connectivity index (χ2v) is 6.11. The van der Waals surface area contributed by atoms with Gasteiger partial charge in [0.05, 0.1) is 5.92 Å². The molecule has 2 fully saturated rings.